The fraction of sp³-hybridized carbons (Fsp3) is 0.583. The van der Waals surface area contributed by atoms with E-state index >= 15 is 0 Å². The standard InChI is InChI=1S/C12H17ClN4O2/c1-12(2,3)19-11(18)17-5-7-8(6-17)15-10(13)16-9(7)14-4/h5-6H2,1-4H3,(H,14,15,16). The topological polar surface area (TPSA) is 67.4 Å². The van der Waals surface area contributed by atoms with E-state index in [9.17, 15) is 4.79 Å². The number of fused-ring (bicyclic) bond motifs is 1. The summed E-state index contributed by atoms with van der Waals surface area (Å²) < 4.78 is 5.34. The van der Waals surface area contributed by atoms with E-state index in [0.29, 0.717) is 18.9 Å². The van der Waals surface area contributed by atoms with E-state index in [4.69, 9.17) is 16.3 Å². The molecule has 0 saturated heterocycles. The highest BCUT2D eigenvalue weighted by Gasteiger charge is 2.31. The molecule has 0 spiro atoms. The number of ether oxygens (including phenoxy) is 1. The summed E-state index contributed by atoms with van der Waals surface area (Å²) in [5.74, 6) is 0.654. The van der Waals surface area contributed by atoms with Crippen molar-refractivity contribution < 1.29 is 9.53 Å². The zero-order valence-electron chi connectivity index (χ0n) is 11.5. The molecule has 1 aromatic rings. The third-order valence-corrected chi connectivity index (χ3v) is 2.81. The smallest absolute Gasteiger partial charge is 0.410 e. The summed E-state index contributed by atoms with van der Waals surface area (Å²) >= 11 is 5.84. The molecule has 0 radical (unpaired) electrons. The van der Waals surface area contributed by atoms with Gasteiger partial charge in [-0.2, -0.15) is 0 Å². The summed E-state index contributed by atoms with van der Waals surface area (Å²) in [4.78, 5) is 21.9. The molecule has 104 valence electrons. The molecule has 0 bridgehead atoms. The average molecular weight is 285 g/mol. The third-order valence-electron chi connectivity index (χ3n) is 2.64. The molecule has 2 heterocycles. The Hall–Kier alpha value is -1.56. The van der Waals surface area contributed by atoms with Crippen molar-refractivity contribution in [1.82, 2.24) is 14.9 Å². The average Bonchev–Trinajstić information content (AvgIpc) is 2.69. The number of carbonyl (C=O) groups excluding carboxylic acids is 1. The van der Waals surface area contributed by atoms with Crippen LogP contribution in [0.4, 0.5) is 10.6 Å². The SMILES string of the molecule is CNc1nc(Cl)nc2c1CN(C(=O)OC(C)(C)C)C2. The maximum Gasteiger partial charge on any atom is 0.410 e. The van der Waals surface area contributed by atoms with Crippen molar-refractivity contribution in [2.24, 2.45) is 0 Å². The first kappa shape index (κ1) is 13.9. The highest BCUT2D eigenvalue weighted by atomic mass is 35.5. The Balaban J connectivity index is 2.18. The predicted octanol–water partition coefficient (Wildman–Crippen LogP) is 2.42. The molecule has 2 rings (SSSR count). The lowest BCUT2D eigenvalue weighted by Crippen LogP contribution is -2.33. The Bertz CT molecular complexity index is 513. The van der Waals surface area contributed by atoms with Crippen LogP contribution in [0.5, 0.6) is 0 Å². The van der Waals surface area contributed by atoms with Gasteiger partial charge in [-0.3, -0.25) is 4.90 Å². The van der Waals surface area contributed by atoms with Crippen LogP contribution in [0.3, 0.4) is 0 Å². The van der Waals surface area contributed by atoms with Crippen LogP contribution in [-0.4, -0.2) is 33.6 Å². The largest absolute Gasteiger partial charge is 0.444 e. The summed E-state index contributed by atoms with van der Waals surface area (Å²) in [7, 11) is 1.76. The Morgan fingerprint density at radius 1 is 1.37 bits per heavy atom. The number of hydrogen-bond acceptors (Lipinski definition) is 5. The fourth-order valence-electron chi connectivity index (χ4n) is 1.89. The van der Waals surface area contributed by atoms with Gasteiger partial charge in [-0.05, 0) is 32.4 Å². The molecule has 0 aromatic carbocycles. The minimum absolute atomic E-state index is 0.175. The molecule has 1 aliphatic heterocycles. The van der Waals surface area contributed by atoms with Gasteiger partial charge in [-0.25, -0.2) is 14.8 Å². The predicted molar refractivity (Wildman–Crippen MR) is 72.1 cm³/mol. The van der Waals surface area contributed by atoms with Gasteiger partial charge in [0, 0.05) is 12.6 Å². The zero-order chi connectivity index (χ0) is 14.2. The molecule has 1 N–H and O–H groups in total. The summed E-state index contributed by atoms with van der Waals surface area (Å²) in [6.07, 6.45) is -0.358. The van der Waals surface area contributed by atoms with E-state index in [1.165, 1.54) is 0 Å². The van der Waals surface area contributed by atoms with E-state index in [-0.39, 0.29) is 11.4 Å². The van der Waals surface area contributed by atoms with E-state index in [1.807, 2.05) is 20.8 Å². The molecule has 1 aliphatic rings. The van der Waals surface area contributed by atoms with Crippen LogP contribution in [-0.2, 0) is 17.8 Å². The van der Waals surface area contributed by atoms with Crippen LogP contribution in [0.25, 0.3) is 0 Å². The highest BCUT2D eigenvalue weighted by molar-refractivity contribution is 6.28. The van der Waals surface area contributed by atoms with Crippen LogP contribution in [0.2, 0.25) is 5.28 Å². The van der Waals surface area contributed by atoms with E-state index in [0.717, 1.165) is 11.3 Å². The summed E-state index contributed by atoms with van der Waals surface area (Å²) in [5.41, 5.74) is 1.13. The van der Waals surface area contributed by atoms with Crippen molar-refractivity contribution in [3.05, 3.63) is 16.5 Å². The van der Waals surface area contributed by atoms with Gasteiger partial charge in [0.05, 0.1) is 18.8 Å². The maximum absolute atomic E-state index is 12.0. The lowest BCUT2D eigenvalue weighted by Gasteiger charge is -2.23. The molecule has 0 aliphatic carbocycles. The Morgan fingerprint density at radius 2 is 2.05 bits per heavy atom. The molecular formula is C12H17ClN4O2. The number of amides is 1. The quantitative estimate of drug-likeness (QED) is 0.802. The molecule has 0 fully saturated rings. The van der Waals surface area contributed by atoms with Crippen molar-refractivity contribution in [2.75, 3.05) is 12.4 Å². The highest BCUT2D eigenvalue weighted by Crippen LogP contribution is 2.28. The molecule has 0 saturated carbocycles. The molecule has 1 aromatic heterocycles. The number of hydrogen-bond donors (Lipinski definition) is 1. The number of nitrogens with zero attached hydrogens (tertiary/aromatic N) is 3. The Morgan fingerprint density at radius 3 is 2.63 bits per heavy atom. The fourth-order valence-corrected chi connectivity index (χ4v) is 2.07. The normalized spacial score (nSPS) is 14.3. The van der Waals surface area contributed by atoms with Crippen molar-refractivity contribution in [3.63, 3.8) is 0 Å². The van der Waals surface area contributed by atoms with Gasteiger partial charge in [0.15, 0.2) is 0 Å². The van der Waals surface area contributed by atoms with Gasteiger partial charge in [-0.1, -0.05) is 0 Å². The first-order chi connectivity index (χ1) is 8.80. The minimum atomic E-state index is -0.513. The van der Waals surface area contributed by atoms with E-state index in [2.05, 4.69) is 15.3 Å². The first-order valence-corrected chi connectivity index (χ1v) is 6.39. The minimum Gasteiger partial charge on any atom is -0.444 e. The number of rotatable bonds is 1. The van der Waals surface area contributed by atoms with Gasteiger partial charge in [0.2, 0.25) is 5.28 Å². The van der Waals surface area contributed by atoms with Crippen LogP contribution >= 0.6 is 11.6 Å². The van der Waals surface area contributed by atoms with Crippen LogP contribution in [0.1, 0.15) is 32.0 Å². The van der Waals surface area contributed by atoms with Gasteiger partial charge >= 0.3 is 6.09 Å². The molecular weight excluding hydrogens is 268 g/mol. The van der Waals surface area contributed by atoms with Crippen LogP contribution in [0, 0.1) is 0 Å². The molecule has 0 unspecified atom stereocenters. The molecule has 1 amide bonds. The Kier molecular flexibility index (Phi) is 3.54. The molecule has 7 heteroatoms. The van der Waals surface area contributed by atoms with Gasteiger partial charge in [0.1, 0.15) is 11.4 Å². The maximum atomic E-state index is 12.0. The van der Waals surface area contributed by atoms with Gasteiger partial charge in [-0.15, -0.1) is 0 Å². The molecule has 0 atom stereocenters. The second-order valence-corrected chi connectivity index (χ2v) is 5.69. The number of aromatic nitrogens is 2. The third kappa shape index (κ3) is 3.07. The lowest BCUT2D eigenvalue weighted by atomic mass is 10.2. The van der Waals surface area contributed by atoms with Crippen molar-refractivity contribution in [2.45, 2.75) is 39.5 Å². The second kappa shape index (κ2) is 4.85. The zero-order valence-corrected chi connectivity index (χ0v) is 12.2. The number of anilines is 1. The molecule has 19 heavy (non-hydrogen) atoms. The van der Waals surface area contributed by atoms with E-state index < -0.39 is 5.60 Å². The molecule has 6 nitrogen and oxygen atoms in total. The van der Waals surface area contributed by atoms with Crippen molar-refractivity contribution >= 4 is 23.5 Å². The summed E-state index contributed by atoms with van der Waals surface area (Å²) in [6, 6.07) is 0. The number of halogens is 1. The summed E-state index contributed by atoms with van der Waals surface area (Å²) in [5, 5.41) is 3.14. The first-order valence-electron chi connectivity index (χ1n) is 6.01. The Labute approximate surface area is 117 Å². The monoisotopic (exact) mass is 284 g/mol. The van der Waals surface area contributed by atoms with Gasteiger partial charge in [0.25, 0.3) is 0 Å². The van der Waals surface area contributed by atoms with Crippen molar-refractivity contribution in [3.8, 4) is 0 Å². The van der Waals surface area contributed by atoms with Gasteiger partial charge < -0.3 is 10.1 Å². The second-order valence-electron chi connectivity index (χ2n) is 5.35. The number of nitrogens with one attached hydrogen (secondary N) is 1. The van der Waals surface area contributed by atoms with Crippen LogP contribution < -0.4 is 5.32 Å². The summed E-state index contributed by atoms with van der Waals surface area (Å²) in [6.45, 7) is 6.33. The lowest BCUT2D eigenvalue weighted by molar-refractivity contribution is 0.0241. The van der Waals surface area contributed by atoms with Crippen molar-refractivity contribution in [1.29, 1.82) is 0 Å². The number of carbonyl (C=O) groups is 1. The van der Waals surface area contributed by atoms with Crippen LogP contribution in [0.15, 0.2) is 0 Å². The van der Waals surface area contributed by atoms with E-state index in [1.54, 1.807) is 11.9 Å².